The van der Waals surface area contributed by atoms with Crippen molar-refractivity contribution in [2.24, 2.45) is 4.99 Å². The average molecular weight is 559 g/mol. The maximum atomic E-state index is 12.8. The van der Waals surface area contributed by atoms with Gasteiger partial charge in [-0.1, -0.05) is 42.1 Å². The zero-order valence-corrected chi connectivity index (χ0v) is 22.8. The molecule has 0 spiro atoms. The van der Waals surface area contributed by atoms with Crippen LogP contribution >= 0.6 is 11.8 Å². The van der Waals surface area contributed by atoms with E-state index >= 15 is 0 Å². The summed E-state index contributed by atoms with van der Waals surface area (Å²) in [5, 5.41) is 29.3. The van der Waals surface area contributed by atoms with Gasteiger partial charge in [-0.05, 0) is 30.2 Å². The average Bonchev–Trinajstić information content (AvgIpc) is 3.48. The number of hydrogen-bond acceptors (Lipinski definition) is 11. The summed E-state index contributed by atoms with van der Waals surface area (Å²) in [6, 6.07) is 19.1. The summed E-state index contributed by atoms with van der Waals surface area (Å²) >= 11 is 1.13. The smallest absolute Gasteiger partial charge is 0.324 e. The Kier molecular flexibility index (Phi) is 8.44. The van der Waals surface area contributed by atoms with E-state index in [4.69, 9.17) is 23.7 Å². The van der Waals surface area contributed by atoms with Crippen molar-refractivity contribution in [1.29, 1.82) is 5.26 Å². The second kappa shape index (κ2) is 12.5. The highest BCUT2D eigenvalue weighted by atomic mass is 32.2. The molecule has 0 radical (unpaired) electrons. The number of nitrogens with zero attached hydrogens (tertiary/aromatic N) is 6. The minimum Gasteiger partial charge on any atom is -0.861 e. The third-order valence-corrected chi connectivity index (χ3v) is 7.11. The number of nitriles is 1. The molecule has 0 atom stereocenters. The Morgan fingerprint density at radius 2 is 1.93 bits per heavy atom. The van der Waals surface area contributed by atoms with Crippen LogP contribution in [0, 0.1) is 11.3 Å². The maximum absolute atomic E-state index is 12.8. The normalized spacial score (nSPS) is 13.6. The van der Waals surface area contributed by atoms with Gasteiger partial charge in [-0.15, -0.1) is 5.01 Å². The molecule has 11 nitrogen and oxygen atoms in total. The molecule has 0 N–H and O–H groups in total. The van der Waals surface area contributed by atoms with Gasteiger partial charge < -0.3 is 19.3 Å². The first-order chi connectivity index (χ1) is 19.6. The number of thioether (sulfide) groups is 1. The molecule has 1 aliphatic heterocycles. The van der Waals surface area contributed by atoms with Crippen LogP contribution in [0.1, 0.15) is 5.56 Å². The summed E-state index contributed by atoms with van der Waals surface area (Å²) in [6.07, 6.45) is 1.55. The lowest BCUT2D eigenvalue weighted by atomic mass is 9.98. The van der Waals surface area contributed by atoms with Gasteiger partial charge in [0.25, 0.3) is 6.20 Å². The van der Waals surface area contributed by atoms with Gasteiger partial charge in [0.15, 0.2) is 0 Å². The van der Waals surface area contributed by atoms with Gasteiger partial charge in [0.05, 0.1) is 56.6 Å². The third kappa shape index (κ3) is 6.01. The van der Waals surface area contributed by atoms with Gasteiger partial charge in [0.1, 0.15) is 22.6 Å². The van der Waals surface area contributed by atoms with E-state index in [-0.39, 0.29) is 11.6 Å². The molecule has 1 saturated heterocycles. The highest BCUT2D eigenvalue weighted by Crippen LogP contribution is 2.40. The number of ether oxygens (including phenoxy) is 3. The molecular weight excluding hydrogens is 532 g/mol. The van der Waals surface area contributed by atoms with Crippen LogP contribution in [0.15, 0.2) is 75.3 Å². The molecule has 1 aliphatic rings. The van der Waals surface area contributed by atoms with Crippen LogP contribution in [0.3, 0.4) is 0 Å². The molecule has 2 aromatic heterocycles. The van der Waals surface area contributed by atoms with Crippen molar-refractivity contribution in [3.63, 3.8) is 0 Å². The highest BCUT2D eigenvalue weighted by molar-refractivity contribution is 8.00. The van der Waals surface area contributed by atoms with Gasteiger partial charge in [-0.3, -0.25) is 4.52 Å². The van der Waals surface area contributed by atoms with Crippen molar-refractivity contribution >= 4 is 23.5 Å². The van der Waals surface area contributed by atoms with Crippen LogP contribution in [0.2, 0.25) is 0 Å². The van der Waals surface area contributed by atoms with Gasteiger partial charge >= 0.3 is 5.88 Å². The molecule has 40 heavy (non-hydrogen) atoms. The number of aliphatic imine (C=N–C) groups is 1. The Hall–Kier alpha value is -4.60. The molecule has 0 saturated carbocycles. The van der Waals surface area contributed by atoms with Crippen LogP contribution in [0.4, 0.5) is 5.88 Å². The number of pyridine rings is 1. The number of methoxy groups -OCH3 is 2. The standard InChI is InChI=1S/C28H26N6O5S/c1-36-20-8-9-25(37-2)22(14-20)21-15-24(19-6-4-3-5-7-19)30-28(23(21)16-29)40-18-26(35)31-27-17-34(32-39-27)33-10-12-38-13-11-33/h3-9,14-15,17H,10-13,18H2,1-2H3. The van der Waals surface area contributed by atoms with Gasteiger partial charge in [-0.25, -0.2) is 9.98 Å². The van der Waals surface area contributed by atoms with E-state index in [0.717, 1.165) is 17.3 Å². The summed E-state index contributed by atoms with van der Waals surface area (Å²) in [7, 11) is 3.14. The Morgan fingerprint density at radius 1 is 1.12 bits per heavy atom. The predicted molar refractivity (Wildman–Crippen MR) is 146 cm³/mol. The van der Waals surface area contributed by atoms with Crippen molar-refractivity contribution in [2.45, 2.75) is 5.03 Å². The number of hydrogen-bond donors (Lipinski definition) is 0. The van der Waals surface area contributed by atoms with Crippen molar-refractivity contribution in [3.8, 4) is 40.0 Å². The van der Waals surface area contributed by atoms with Gasteiger partial charge in [-0.2, -0.15) is 5.26 Å². The topological polar surface area (TPSA) is 133 Å². The molecule has 0 aliphatic carbocycles. The molecule has 0 amide bonds. The zero-order valence-electron chi connectivity index (χ0n) is 21.9. The molecular formula is C28H26N6O5S. The van der Waals surface area contributed by atoms with Gasteiger partial charge in [0, 0.05) is 22.4 Å². The predicted octanol–water partition coefficient (Wildman–Crippen LogP) is 2.73. The first-order valence-corrected chi connectivity index (χ1v) is 13.4. The summed E-state index contributed by atoms with van der Waals surface area (Å²) in [4.78, 5) is 10.3. The summed E-state index contributed by atoms with van der Waals surface area (Å²) in [5.74, 6) is 0.759. The molecule has 2 aromatic carbocycles. The van der Waals surface area contributed by atoms with Crippen molar-refractivity contribution in [2.75, 3.05) is 51.3 Å². The summed E-state index contributed by atoms with van der Waals surface area (Å²) in [5.41, 5.74) is 3.11. The fourth-order valence-electron chi connectivity index (χ4n) is 4.18. The lowest BCUT2D eigenvalue weighted by Crippen LogP contribution is -2.62. The van der Waals surface area contributed by atoms with Crippen LogP contribution in [-0.4, -0.2) is 62.4 Å². The number of aromatic nitrogens is 3. The zero-order chi connectivity index (χ0) is 27.9. The minimum absolute atomic E-state index is 0.0626. The fourth-order valence-corrected chi connectivity index (χ4v) is 4.97. The van der Waals surface area contributed by atoms with E-state index in [0.29, 0.717) is 65.2 Å². The fraction of sp³-hybridized carbons (Fsp3) is 0.250. The molecule has 0 bridgehead atoms. The quantitative estimate of drug-likeness (QED) is 0.131. The highest BCUT2D eigenvalue weighted by Gasteiger charge is 2.23. The second-order valence-corrected chi connectivity index (χ2v) is 9.56. The van der Waals surface area contributed by atoms with E-state index in [9.17, 15) is 10.4 Å². The Labute approximate surface area is 235 Å². The van der Waals surface area contributed by atoms with E-state index in [1.54, 1.807) is 32.5 Å². The number of morpholine rings is 1. The monoisotopic (exact) mass is 558 g/mol. The van der Waals surface area contributed by atoms with Crippen LogP contribution in [-0.2, 0) is 4.74 Å². The molecule has 1 fully saturated rings. The SMILES string of the molecule is COc1ccc(OC)c(-c2cc(-c3ccccc3)nc(SC/C([O-])=N\c3c[n+](N4CCOCC4)no3)c2C#N)c1. The molecule has 12 heteroatoms. The lowest BCUT2D eigenvalue weighted by molar-refractivity contribution is -0.759. The first kappa shape index (κ1) is 27.0. The Morgan fingerprint density at radius 3 is 2.65 bits per heavy atom. The Bertz CT molecular complexity index is 1550. The second-order valence-electron chi connectivity index (χ2n) is 8.60. The molecule has 204 valence electrons. The van der Waals surface area contributed by atoms with E-state index in [2.05, 4.69) is 16.3 Å². The summed E-state index contributed by atoms with van der Waals surface area (Å²) < 4.78 is 21.6. The lowest BCUT2D eigenvalue weighted by Gasteiger charge is -2.18. The van der Waals surface area contributed by atoms with E-state index in [1.807, 2.05) is 47.5 Å². The largest absolute Gasteiger partial charge is 0.861 e. The van der Waals surface area contributed by atoms with Crippen LogP contribution in [0.5, 0.6) is 11.5 Å². The number of rotatable bonds is 9. The Balaban J connectivity index is 1.48. The van der Waals surface area contributed by atoms with E-state index in [1.165, 1.54) is 4.79 Å². The van der Waals surface area contributed by atoms with Crippen molar-refractivity contribution in [1.82, 2.24) is 10.3 Å². The molecule has 4 aromatic rings. The van der Waals surface area contributed by atoms with Crippen molar-refractivity contribution < 1.29 is 28.6 Å². The summed E-state index contributed by atoms with van der Waals surface area (Å²) in [6.45, 7) is 2.48. The van der Waals surface area contributed by atoms with Crippen molar-refractivity contribution in [3.05, 3.63) is 66.4 Å². The minimum atomic E-state index is -0.452. The molecule has 3 heterocycles. The first-order valence-electron chi connectivity index (χ1n) is 12.4. The molecule has 0 unspecified atom stereocenters. The van der Waals surface area contributed by atoms with Crippen LogP contribution in [0.25, 0.3) is 22.4 Å². The van der Waals surface area contributed by atoms with Crippen LogP contribution < -0.4 is 24.4 Å². The maximum Gasteiger partial charge on any atom is 0.324 e. The van der Waals surface area contributed by atoms with E-state index < -0.39 is 5.90 Å². The van der Waals surface area contributed by atoms with Gasteiger partial charge in [0.2, 0.25) is 5.27 Å². The number of benzene rings is 2. The molecule has 5 rings (SSSR count). The third-order valence-electron chi connectivity index (χ3n) is 6.15.